The molecule has 2 aliphatic heterocycles. The Hall–Kier alpha value is -5.39. The van der Waals surface area contributed by atoms with Gasteiger partial charge in [0.15, 0.2) is 0 Å². The number of anilines is 3. The smallest absolute Gasteiger partial charge is 0.282 e. The number of para-hydroxylation sites is 2. The zero-order valence-corrected chi connectivity index (χ0v) is 19.0. The first kappa shape index (κ1) is 23.4. The summed E-state index contributed by atoms with van der Waals surface area (Å²) in [6, 6.07) is 16.5. The summed E-state index contributed by atoms with van der Waals surface area (Å²) >= 11 is 0. The summed E-state index contributed by atoms with van der Waals surface area (Å²) < 4.78 is 0. The third-order valence-corrected chi connectivity index (χ3v) is 5.91. The van der Waals surface area contributed by atoms with Gasteiger partial charge in [0.25, 0.3) is 23.4 Å². The maximum atomic E-state index is 13.1. The molecule has 0 aliphatic carbocycles. The summed E-state index contributed by atoms with van der Waals surface area (Å²) in [5, 5.41) is 16.5. The molecule has 184 valence electrons. The van der Waals surface area contributed by atoms with Crippen LogP contribution in [0.3, 0.4) is 0 Å². The molecular weight excluding hydrogens is 482 g/mol. The van der Waals surface area contributed by atoms with Gasteiger partial charge in [-0.2, -0.15) is 0 Å². The number of hydrogen-bond acceptors (Lipinski definition) is 7. The van der Waals surface area contributed by atoms with Crippen LogP contribution >= 0.6 is 0 Å². The van der Waals surface area contributed by atoms with E-state index in [1.807, 2.05) is 0 Å². The predicted octanol–water partition coefficient (Wildman–Crippen LogP) is 2.43. The minimum atomic E-state index is -0.922. The van der Waals surface area contributed by atoms with Crippen molar-refractivity contribution in [1.82, 2.24) is 4.90 Å². The number of nitro benzene ring substituents is 1. The normalized spacial score (nSPS) is 14.1. The van der Waals surface area contributed by atoms with Crippen LogP contribution < -0.4 is 15.5 Å². The number of imide groups is 1. The highest BCUT2D eigenvalue weighted by Crippen LogP contribution is 2.31. The van der Waals surface area contributed by atoms with Crippen LogP contribution in [0, 0.1) is 10.1 Å². The van der Waals surface area contributed by atoms with E-state index in [9.17, 15) is 34.1 Å². The summed E-state index contributed by atoms with van der Waals surface area (Å²) in [6.45, 7) is -0.795. The molecule has 3 aromatic rings. The second kappa shape index (κ2) is 9.00. The third-order valence-electron chi connectivity index (χ3n) is 5.91. The number of carbonyl (C=O) groups is 5. The van der Waals surface area contributed by atoms with E-state index in [1.165, 1.54) is 41.3 Å². The van der Waals surface area contributed by atoms with Gasteiger partial charge in [-0.05, 0) is 42.5 Å². The van der Waals surface area contributed by atoms with Crippen LogP contribution in [-0.4, -0.2) is 52.4 Å². The van der Waals surface area contributed by atoms with Crippen molar-refractivity contribution < 1.29 is 28.9 Å². The van der Waals surface area contributed by atoms with E-state index in [1.54, 1.807) is 24.3 Å². The predicted molar refractivity (Wildman–Crippen MR) is 130 cm³/mol. The molecule has 0 atom stereocenters. The highest BCUT2D eigenvalue weighted by Gasteiger charge is 2.41. The van der Waals surface area contributed by atoms with Crippen LogP contribution in [0.5, 0.6) is 0 Å². The van der Waals surface area contributed by atoms with Gasteiger partial charge in [0.2, 0.25) is 11.8 Å². The number of rotatable bonds is 5. The first-order chi connectivity index (χ1) is 17.7. The molecule has 0 spiro atoms. The Labute approximate surface area is 208 Å². The average molecular weight is 499 g/mol. The molecule has 0 saturated carbocycles. The van der Waals surface area contributed by atoms with Crippen LogP contribution in [0.25, 0.3) is 0 Å². The first-order valence-corrected chi connectivity index (χ1v) is 11.0. The fourth-order valence-corrected chi connectivity index (χ4v) is 4.22. The Morgan fingerprint density at radius 1 is 0.946 bits per heavy atom. The molecule has 5 rings (SSSR count). The minimum Gasteiger partial charge on any atom is -0.325 e. The molecule has 3 aromatic carbocycles. The monoisotopic (exact) mass is 499 g/mol. The van der Waals surface area contributed by atoms with E-state index in [4.69, 9.17) is 0 Å². The Morgan fingerprint density at radius 3 is 2.41 bits per heavy atom. The number of carbonyl (C=O) groups excluding carboxylic acids is 5. The largest absolute Gasteiger partial charge is 0.325 e. The molecule has 0 unspecified atom stereocenters. The van der Waals surface area contributed by atoms with Crippen molar-refractivity contribution in [2.45, 2.75) is 0 Å². The Balaban J connectivity index is 1.27. The van der Waals surface area contributed by atoms with Crippen LogP contribution in [0.1, 0.15) is 31.1 Å². The Bertz CT molecular complexity index is 1520. The molecule has 0 aromatic heterocycles. The fraction of sp³-hybridized carbons (Fsp3) is 0.0800. The number of nitrogens with one attached hydrogen (secondary N) is 2. The van der Waals surface area contributed by atoms with Crippen molar-refractivity contribution in [1.29, 1.82) is 0 Å². The second-order valence-corrected chi connectivity index (χ2v) is 8.24. The number of amides is 5. The lowest BCUT2D eigenvalue weighted by atomic mass is 10.1. The van der Waals surface area contributed by atoms with Gasteiger partial charge in [-0.3, -0.25) is 43.9 Å². The van der Waals surface area contributed by atoms with Crippen LogP contribution in [0.4, 0.5) is 22.7 Å². The van der Waals surface area contributed by atoms with E-state index in [-0.39, 0.29) is 29.1 Å². The molecule has 2 N–H and O–H groups in total. The number of benzene rings is 3. The molecule has 2 heterocycles. The van der Waals surface area contributed by atoms with Gasteiger partial charge in [-0.25, -0.2) is 0 Å². The molecule has 0 radical (unpaired) electrons. The van der Waals surface area contributed by atoms with Crippen molar-refractivity contribution in [2.75, 3.05) is 28.6 Å². The van der Waals surface area contributed by atoms with Crippen LogP contribution in [0.15, 0.2) is 66.7 Å². The van der Waals surface area contributed by atoms with Gasteiger partial charge in [-0.15, -0.1) is 0 Å². The van der Waals surface area contributed by atoms with Gasteiger partial charge in [-0.1, -0.05) is 18.2 Å². The van der Waals surface area contributed by atoms with E-state index >= 15 is 0 Å². The SMILES string of the molecule is O=C(CN1C(=O)c2cccc([N+](=O)[O-])c2C1=O)Nc1ccc(C(=O)N2CC(=O)Nc3ccccc32)cc1. The highest BCUT2D eigenvalue weighted by atomic mass is 16.6. The zero-order valence-electron chi connectivity index (χ0n) is 19.0. The van der Waals surface area contributed by atoms with Gasteiger partial charge in [0.1, 0.15) is 18.7 Å². The molecule has 2 aliphatic rings. The molecule has 0 saturated heterocycles. The number of nitrogens with zero attached hydrogens (tertiary/aromatic N) is 3. The topological polar surface area (TPSA) is 159 Å². The number of fused-ring (bicyclic) bond motifs is 2. The van der Waals surface area contributed by atoms with E-state index < -0.39 is 40.8 Å². The highest BCUT2D eigenvalue weighted by molar-refractivity contribution is 6.24. The van der Waals surface area contributed by atoms with Gasteiger partial charge in [0, 0.05) is 17.3 Å². The lowest BCUT2D eigenvalue weighted by Crippen LogP contribution is -2.42. The third kappa shape index (κ3) is 4.16. The second-order valence-electron chi connectivity index (χ2n) is 8.24. The van der Waals surface area contributed by atoms with Crippen molar-refractivity contribution in [3.63, 3.8) is 0 Å². The van der Waals surface area contributed by atoms with Gasteiger partial charge < -0.3 is 10.6 Å². The molecular formula is C25H17N5O7. The standard InChI is InChI=1S/C25H17N5O7/c31-20(13-29-24(34)16-4-3-7-19(30(36)37)22(16)25(29)35)26-15-10-8-14(9-11-15)23(33)28-12-21(32)27-17-5-1-2-6-18(17)28/h1-11H,12-13H2,(H,26,31)(H,27,32). The quantitative estimate of drug-likeness (QED) is 0.310. The molecule has 0 bridgehead atoms. The maximum absolute atomic E-state index is 13.1. The zero-order chi connectivity index (χ0) is 26.3. The van der Waals surface area contributed by atoms with E-state index in [0.717, 1.165) is 6.07 Å². The number of hydrogen-bond donors (Lipinski definition) is 2. The van der Waals surface area contributed by atoms with Crippen molar-refractivity contribution in [2.24, 2.45) is 0 Å². The van der Waals surface area contributed by atoms with Crippen molar-refractivity contribution in [3.8, 4) is 0 Å². The van der Waals surface area contributed by atoms with Gasteiger partial charge in [0.05, 0.1) is 21.9 Å². The summed E-state index contributed by atoms with van der Waals surface area (Å²) in [6.07, 6.45) is 0. The molecule has 37 heavy (non-hydrogen) atoms. The summed E-state index contributed by atoms with van der Waals surface area (Å²) in [7, 11) is 0. The molecule has 12 heteroatoms. The Morgan fingerprint density at radius 2 is 1.68 bits per heavy atom. The first-order valence-electron chi connectivity index (χ1n) is 11.0. The summed E-state index contributed by atoms with van der Waals surface area (Å²) in [5.41, 5.74) is 0.660. The van der Waals surface area contributed by atoms with Gasteiger partial charge >= 0.3 is 0 Å². The number of nitro groups is 1. The van der Waals surface area contributed by atoms with E-state index in [2.05, 4.69) is 10.6 Å². The summed E-state index contributed by atoms with van der Waals surface area (Å²) in [5.74, 6) is -3.17. The van der Waals surface area contributed by atoms with E-state index in [0.29, 0.717) is 22.0 Å². The molecule has 5 amide bonds. The lowest BCUT2D eigenvalue weighted by molar-refractivity contribution is -0.385. The fourth-order valence-electron chi connectivity index (χ4n) is 4.22. The maximum Gasteiger partial charge on any atom is 0.282 e. The average Bonchev–Trinajstić information content (AvgIpc) is 3.13. The molecule has 0 fully saturated rings. The van der Waals surface area contributed by atoms with Crippen LogP contribution in [-0.2, 0) is 9.59 Å². The van der Waals surface area contributed by atoms with Crippen molar-refractivity contribution >= 4 is 52.3 Å². The minimum absolute atomic E-state index is 0.136. The molecule has 12 nitrogen and oxygen atoms in total. The van der Waals surface area contributed by atoms with Crippen LogP contribution in [0.2, 0.25) is 0 Å². The lowest BCUT2D eigenvalue weighted by Gasteiger charge is -2.29. The van der Waals surface area contributed by atoms with Crippen molar-refractivity contribution in [3.05, 3.63) is 93.5 Å². The Kier molecular flexibility index (Phi) is 5.68. The summed E-state index contributed by atoms with van der Waals surface area (Å²) in [4.78, 5) is 75.3.